The third kappa shape index (κ3) is 4.03. The fraction of sp³-hybridized carbons (Fsp3) is 0.412. The zero-order valence-corrected chi connectivity index (χ0v) is 13.7. The molecule has 0 aliphatic heterocycles. The Morgan fingerprint density at radius 1 is 1.39 bits per heavy atom. The lowest BCUT2D eigenvalue weighted by Gasteiger charge is -2.28. The molecular formula is C17H22N4O2. The van der Waals surface area contributed by atoms with Crippen molar-refractivity contribution in [3.63, 3.8) is 0 Å². The standard InChI is InChI=1S/C17H22N4O2/c1-4-5-8-15(13-7-6-9-18-10-13)21(3)17(23)14-11-19-12(2)20-16(14)22/h6-7,9-11,15H,4-5,8H2,1-3H3,(H,19,20,22)/t15-/m1/s1. The summed E-state index contributed by atoms with van der Waals surface area (Å²) in [6.07, 6.45) is 7.65. The fourth-order valence-electron chi connectivity index (χ4n) is 2.52. The van der Waals surface area contributed by atoms with Gasteiger partial charge >= 0.3 is 0 Å². The van der Waals surface area contributed by atoms with Crippen molar-refractivity contribution in [2.75, 3.05) is 7.05 Å². The van der Waals surface area contributed by atoms with Crippen molar-refractivity contribution in [2.24, 2.45) is 0 Å². The van der Waals surface area contributed by atoms with Gasteiger partial charge in [-0.25, -0.2) is 4.98 Å². The molecule has 1 atom stereocenters. The topological polar surface area (TPSA) is 79.0 Å². The Hall–Kier alpha value is -2.50. The number of aromatic nitrogens is 3. The van der Waals surface area contributed by atoms with Gasteiger partial charge in [0.15, 0.2) is 0 Å². The predicted molar refractivity (Wildman–Crippen MR) is 88.2 cm³/mol. The number of amides is 1. The van der Waals surface area contributed by atoms with Crippen LogP contribution in [0, 0.1) is 6.92 Å². The van der Waals surface area contributed by atoms with Gasteiger partial charge in [0.05, 0.1) is 6.04 Å². The van der Waals surface area contributed by atoms with E-state index < -0.39 is 5.56 Å². The van der Waals surface area contributed by atoms with Crippen molar-refractivity contribution in [1.29, 1.82) is 0 Å². The molecule has 0 unspecified atom stereocenters. The first-order chi connectivity index (χ1) is 11.0. The Morgan fingerprint density at radius 2 is 2.17 bits per heavy atom. The molecule has 2 heterocycles. The minimum absolute atomic E-state index is 0.0588. The summed E-state index contributed by atoms with van der Waals surface area (Å²) in [4.78, 5) is 37.0. The maximum Gasteiger partial charge on any atom is 0.263 e. The van der Waals surface area contributed by atoms with E-state index in [2.05, 4.69) is 21.9 Å². The number of nitrogens with zero attached hydrogens (tertiary/aromatic N) is 3. The van der Waals surface area contributed by atoms with Gasteiger partial charge in [-0.1, -0.05) is 25.8 Å². The molecule has 2 aromatic rings. The number of aromatic amines is 1. The number of aryl methyl sites for hydroxylation is 1. The minimum atomic E-state index is -0.408. The number of pyridine rings is 1. The largest absolute Gasteiger partial charge is 0.334 e. The molecule has 6 heteroatoms. The molecule has 0 aliphatic carbocycles. The smallest absolute Gasteiger partial charge is 0.263 e. The number of rotatable bonds is 6. The van der Waals surface area contributed by atoms with Crippen LogP contribution in [0.2, 0.25) is 0 Å². The SMILES string of the molecule is CCCC[C@H](c1cccnc1)N(C)C(=O)c1cnc(C)[nH]c1=O. The molecule has 122 valence electrons. The maximum atomic E-state index is 12.7. The molecule has 0 bridgehead atoms. The van der Waals surface area contributed by atoms with E-state index in [1.807, 2.05) is 12.1 Å². The van der Waals surface area contributed by atoms with Gasteiger partial charge in [0.2, 0.25) is 0 Å². The number of nitrogens with one attached hydrogen (secondary N) is 1. The predicted octanol–water partition coefficient (Wildman–Crippen LogP) is 2.48. The van der Waals surface area contributed by atoms with Crippen LogP contribution in [0.3, 0.4) is 0 Å². The summed E-state index contributed by atoms with van der Waals surface area (Å²) < 4.78 is 0. The van der Waals surface area contributed by atoms with Crippen molar-refractivity contribution in [2.45, 2.75) is 39.2 Å². The van der Waals surface area contributed by atoms with Gasteiger partial charge in [0, 0.05) is 25.6 Å². The van der Waals surface area contributed by atoms with E-state index in [0.29, 0.717) is 5.82 Å². The highest BCUT2D eigenvalue weighted by Gasteiger charge is 2.24. The number of H-pyrrole nitrogens is 1. The summed E-state index contributed by atoms with van der Waals surface area (Å²) in [5, 5.41) is 0. The monoisotopic (exact) mass is 314 g/mol. The number of hydrogen-bond acceptors (Lipinski definition) is 4. The fourth-order valence-corrected chi connectivity index (χ4v) is 2.52. The highest BCUT2D eigenvalue weighted by Crippen LogP contribution is 2.25. The van der Waals surface area contributed by atoms with Crippen LogP contribution in [0.15, 0.2) is 35.5 Å². The zero-order chi connectivity index (χ0) is 16.8. The van der Waals surface area contributed by atoms with Crippen LogP contribution in [-0.4, -0.2) is 32.8 Å². The second-order valence-corrected chi connectivity index (χ2v) is 5.57. The van der Waals surface area contributed by atoms with Crippen molar-refractivity contribution >= 4 is 5.91 Å². The molecule has 0 radical (unpaired) electrons. The number of carbonyl (C=O) groups excluding carboxylic acids is 1. The summed E-state index contributed by atoms with van der Waals surface area (Å²) in [6, 6.07) is 3.69. The molecule has 0 fully saturated rings. The first-order valence-corrected chi connectivity index (χ1v) is 7.77. The van der Waals surface area contributed by atoms with Gasteiger partial charge in [-0.15, -0.1) is 0 Å². The summed E-state index contributed by atoms with van der Waals surface area (Å²) in [5.74, 6) is 0.160. The summed E-state index contributed by atoms with van der Waals surface area (Å²) in [7, 11) is 1.72. The van der Waals surface area contributed by atoms with Crippen LogP contribution in [-0.2, 0) is 0 Å². The van der Waals surface area contributed by atoms with E-state index in [1.54, 1.807) is 31.3 Å². The molecule has 0 aliphatic rings. The zero-order valence-electron chi connectivity index (χ0n) is 13.7. The van der Waals surface area contributed by atoms with E-state index in [-0.39, 0.29) is 17.5 Å². The van der Waals surface area contributed by atoms with Gasteiger partial charge in [0.25, 0.3) is 11.5 Å². The first-order valence-electron chi connectivity index (χ1n) is 7.77. The number of carbonyl (C=O) groups is 1. The molecule has 0 spiro atoms. The van der Waals surface area contributed by atoms with Gasteiger partial charge in [-0.05, 0) is 25.0 Å². The van der Waals surface area contributed by atoms with Gasteiger partial charge in [-0.3, -0.25) is 14.6 Å². The van der Waals surface area contributed by atoms with E-state index >= 15 is 0 Å². The number of hydrogen-bond donors (Lipinski definition) is 1. The lowest BCUT2D eigenvalue weighted by Crippen LogP contribution is -2.35. The van der Waals surface area contributed by atoms with Crippen LogP contribution in [0.5, 0.6) is 0 Å². The molecular weight excluding hydrogens is 292 g/mol. The molecule has 1 amide bonds. The number of unbranched alkanes of at least 4 members (excludes halogenated alkanes) is 1. The van der Waals surface area contributed by atoms with Gasteiger partial charge in [-0.2, -0.15) is 0 Å². The second kappa shape index (κ2) is 7.67. The average molecular weight is 314 g/mol. The second-order valence-electron chi connectivity index (χ2n) is 5.57. The average Bonchev–Trinajstić information content (AvgIpc) is 2.55. The Balaban J connectivity index is 2.30. The van der Waals surface area contributed by atoms with Crippen molar-refractivity contribution in [3.05, 3.63) is 58.0 Å². The maximum absolute atomic E-state index is 12.7. The Labute approximate surface area is 135 Å². The third-order valence-corrected chi connectivity index (χ3v) is 3.84. The third-order valence-electron chi connectivity index (χ3n) is 3.84. The molecule has 2 rings (SSSR count). The molecule has 6 nitrogen and oxygen atoms in total. The van der Waals surface area contributed by atoms with E-state index in [0.717, 1.165) is 24.8 Å². The summed E-state index contributed by atoms with van der Waals surface area (Å²) >= 11 is 0. The van der Waals surface area contributed by atoms with E-state index in [9.17, 15) is 9.59 Å². The van der Waals surface area contributed by atoms with Crippen LogP contribution >= 0.6 is 0 Å². The van der Waals surface area contributed by atoms with Crippen LogP contribution in [0.1, 0.15) is 54.0 Å². The van der Waals surface area contributed by atoms with Crippen LogP contribution in [0.25, 0.3) is 0 Å². The van der Waals surface area contributed by atoms with Crippen molar-refractivity contribution < 1.29 is 4.79 Å². The minimum Gasteiger partial charge on any atom is -0.334 e. The Morgan fingerprint density at radius 3 is 2.78 bits per heavy atom. The quantitative estimate of drug-likeness (QED) is 0.888. The van der Waals surface area contributed by atoms with E-state index in [4.69, 9.17) is 0 Å². The summed E-state index contributed by atoms with van der Waals surface area (Å²) in [5.41, 5.74) is 0.617. The van der Waals surface area contributed by atoms with E-state index in [1.165, 1.54) is 6.20 Å². The molecule has 2 aromatic heterocycles. The van der Waals surface area contributed by atoms with Gasteiger partial charge < -0.3 is 9.88 Å². The van der Waals surface area contributed by atoms with Crippen molar-refractivity contribution in [3.8, 4) is 0 Å². The highest BCUT2D eigenvalue weighted by molar-refractivity contribution is 5.93. The van der Waals surface area contributed by atoms with Gasteiger partial charge in [0.1, 0.15) is 11.4 Å². The molecule has 0 aromatic carbocycles. The summed E-state index contributed by atoms with van der Waals surface area (Å²) in [6.45, 7) is 3.79. The Kier molecular flexibility index (Phi) is 5.62. The molecule has 0 saturated heterocycles. The lowest BCUT2D eigenvalue weighted by atomic mass is 10.0. The molecule has 0 saturated carbocycles. The highest BCUT2D eigenvalue weighted by atomic mass is 16.2. The molecule has 23 heavy (non-hydrogen) atoms. The normalized spacial score (nSPS) is 12.0. The Bertz CT molecular complexity index is 712. The van der Waals surface area contributed by atoms with Crippen LogP contribution < -0.4 is 5.56 Å². The lowest BCUT2D eigenvalue weighted by molar-refractivity contribution is 0.0717. The van der Waals surface area contributed by atoms with Crippen molar-refractivity contribution in [1.82, 2.24) is 19.9 Å². The molecule has 1 N–H and O–H groups in total. The first kappa shape index (κ1) is 16.9. The van der Waals surface area contributed by atoms with Crippen LogP contribution in [0.4, 0.5) is 0 Å².